The largest absolute Gasteiger partial charge is 0.478 e. The number of aromatic carboxylic acids is 1. The maximum atomic E-state index is 13.5. The second kappa shape index (κ2) is 8.00. The fraction of sp³-hybridized carbons (Fsp3) is 0.458. The molecule has 2 aromatic rings. The van der Waals surface area contributed by atoms with E-state index in [-0.39, 0.29) is 11.9 Å². The minimum atomic E-state index is -0.886. The Morgan fingerprint density at radius 1 is 1.13 bits per heavy atom. The number of carbonyl (C=O) groups is 1. The molecule has 3 fully saturated rings. The maximum Gasteiger partial charge on any atom is 0.336 e. The monoisotopic (exact) mass is 409 g/mol. The summed E-state index contributed by atoms with van der Waals surface area (Å²) in [6.45, 7) is 5.05. The molecular weight excluding hydrogens is 381 g/mol. The van der Waals surface area contributed by atoms with Crippen LogP contribution in [0.4, 0.5) is 10.1 Å². The van der Waals surface area contributed by atoms with Gasteiger partial charge >= 0.3 is 5.97 Å². The van der Waals surface area contributed by atoms with E-state index in [2.05, 4.69) is 15.1 Å². The van der Waals surface area contributed by atoms with Gasteiger partial charge in [0, 0.05) is 24.8 Å². The van der Waals surface area contributed by atoms with E-state index in [4.69, 9.17) is 0 Å². The molecule has 6 rings (SSSR count). The number of rotatable bonds is 6. The number of hydrogen-bond acceptors (Lipinski definition) is 4. The van der Waals surface area contributed by atoms with Crippen molar-refractivity contribution < 1.29 is 14.3 Å². The lowest BCUT2D eigenvalue weighted by Crippen LogP contribution is -2.56. The quantitative estimate of drug-likeness (QED) is 0.763. The van der Waals surface area contributed by atoms with E-state index in [0.717, 1.165) is 42.2 Å². The van der Waals surface area contributed by atoms with Crippen LogP contribution in [0.1, 0.15) is 46.8 Å². The lowest BCUT2D eigenvalue weighted by Gasteiger charge is -2.45. The van der Waals surface area contributed by atoms with Crippen LogP contribution in [0.15, 0.2) is 42.5 Å². The molecule has 5 nitrogen and oxygen atoms in total. The van der Waals surface area contributed by atoms with Crippen LogP contribution in [0.3, 0.4) is 0 Å². The van der Waals surface area contributed by atoms with Crippen LogP contribution in [-0.4, -0.2) is 48.2 Å². The van der Waals surface area contributed by atoms with Gasteiger partial charge in [-0.2, -0.15) is 0 Å². The van der Waals surface area contributed by atoms with Crippen molar-refractivity contribution >= 4 is 11.7 Å². The molecule has 0 radical (unpaired) electrons. The van der Waals surface area contributed by atoms with Crippen molar-refractivity contribution in [1.82, 2.24) is 10.2 Å². The Hall–Kier alpha value is -2.44. The molecular formula is C24H28FN3O2. The number of fused-ring (bicyclic) bond motifs is 4. The zero-order valence-corrected chi connectivity index (χ0v) is 17.1. The molecule has 0 aromatic heterocycles. The summed E-state index contributed by atoms with van der Waals surface area (Å²) in [6, 6.07) is 12.5. The minimum absolute atomic E-state index is 0.0358. The van der Waals surface area contributed by atoms with Crippen LogP contribution >= 0.6 is 0 Å². The number of piperidine rings is 3. The Morgan fingerprint density at radius 2 is 1.90 bits per heavy atom. The summed E-state index contributed by atoms with van der Waals surface area (Å²) >= 11 is 0. The van der Waals surface area contributed by atoms with Crippen molar-refractivity contribution in [2.45, 2.75) is 37.9 Å². The normalized spacial score (nSPS) is 27.3. The van der Waals surface area contributed by atoms with Gasteiger partial charge in [-0.25, -0.2) is 9.18 Å². The molecule has 3 saturated heterocycles. The molecule has 158 valence electrons. The highest BCUT2D eigenvalue weighted by molar-refractivity contribution is 5.90. The maximum absolute atomic E-state index is 13.5. The van der Waals surface area contributed by atoms with Gasteiger partial charge in [0.05, 0.1) is 11.6 Å². The molecule has 4 aliphatic heterocycles. The molecule has 2 bridgehead atoms. The minimum Gasteiger partial charge on any atom is -0.478 e. The summed E-state index contributed by atoms with van der Waals surface area (Å²) in [4.78, 5) is 16.7. The van der Waals surface area contributed by atoms with Crippen molar-refractivity contribution in [3.63, 3.8) is 0 Å². The van der Waals surface area contributed by atoms with Crippen LogP contribution < -0.4 is 10.2 Å². The van der Waals surface area contributed by atoms with E-state index in [1.807, 2.05) is 12.1 Å². The SMILES string of the molecule is O=C(O)c1cccc2c1[C@H](CCNC1CN3CCC1CC3)N(c1ccc(F)cc1)C2. The van der Waals surface area contributed by atoms with Crippen LogP contribution in [0, 0.1) is 11.7 Å². The summed E-state index contributed by atoms with van der Waals surface area (Å²) in [7, 11) is 0. The predicted octanol–water partition coefficient (Wildman–Crippen LogP) is 3.66. The van der Waals surface area contributed by atoms with Gasteiger partial charge in [0.1, 0.15) is 5.82 Å². The highest BCUT2D eigenvalue weighted by Gasteiger charge is 2.36. The summed E-state index contributed by atoms with van der Waals surface area (Å²) in [5, 5.41) is 13.5. The van der Waals surface area contributed by atoms with E-state index >= 15 is 0 Å². The average Bonchev–Trinajstić information content (AvgIpc) is 3.14. The molecule has 0 amide bonds. The van der Waals surface area contributed by atoms with Gasteiger partial charge in [-0.05, 0) is 86.3 Å². The van der Waals surface area contributed by atoms with E-state index in [1.165, 1.54) is 38.1 Å². The fourth-order valence-electron chi connectivity index (χ4n) is 5.59. The predicted molar refractivity (Wildman–Crippen MR) is 114 cm³/mol. The van der Waals surface area contributed by atoms with Crippen molar-refractivity contribution in [3.8, 4) is 0 Å². The molecule has 30 heavy (non-hydrogen) atoms. The summed E-state index contributed by atoms with van der Waals surface area (Å²) < 4.78 is 13.5. The van der Waals surface area contributed by atoms with Crippen LogP contribution in [0.5, 0.6) is 0 Å². The first-order chi connectivity index (χ1) is 14.6. The zero-order chi connectivity index (χ0) is 20.7. The Kier molecular flexibility index (Phi) is 5.21. The van der Waals surface area contributed by atoms with E-state index in [0.29, 0.717) is 18.2 Å². The number of nitrogens with zero attached hydrogens (tertiary/aromatic N) is 2. The lowest BCUT2D eigenvalue weighted by molar-refractivity contribution is 0.0694. The first-order valence-electron chi connectivity index (χ1n) is 10.9. The van der Waals surface area contributed by atoms with Crippen LogP contribution in [0.2, 0.25) is 0 Å². The molecule has 2 N–H and O–H groups in total. The summed E-state index contributed by atoms with van der Waals surface area (Å²) in [5.74, 6) is -0.390. The van der Waals surface area contributed by atoms with Crippen molar-refractivity contribution in [2.75, 3.05) is 31.1 Å². The smallest absolute Gasteiger partial charge is 0.336 e. The molecule has 0 saturated carbocycles. The fourth-order valence-corrected chi connectivity index (χ4v) is 5.59. The molecule has 1 unspecified atom stereocenters. The second-order valence-corrected chi connectivity index (χ2v) is 8.79. The number of hydrogen-bond donors (Lipinski definition) is 2. The molecule has 2 aromatic carbocycles. The van der Waals surface area contributed by atoms with Crippen LogP contribution in [0.25, 0.3) is 0 Å². The van der Waals surface area contributed by atoms with E-state index < -0.39 is 5.97 Å². The molecule has 6 heteroatoms. The highest BCUT2D eigenvalue weighted by atomic mass is 19.1. The Morgan fingerprint density at radius 3 is 2.57 bits per heavy atom. The first kappa shape index (κ1) is 19.5. The van der Waals surface area contributed by atoms with Crippen molar-refractivity contribution in [1.29, 1.82) is 0 Å². The number of benzene rings is 2. The Labute approximate surface area is 176 Å². The topological polar surface area (TPSA) is 55.8 Å². The zero-order valence-electron chi connectivity index (χ0n) is 17.1. The first-order valence-corrected chi connectivity index (χ1v) is 10.9. The second-order valence-electron chi connectivity index (χ2n) is 8.79. The van der Waals surface area contributed by atoms with Gasteiger partial charge in [-0.1, -0.05) is 12.1 Å². The molecule has 4 aliphatic rings. The lowest BCUT2D eigenvalue weighted by atomic mass is 9.84. The average molecular weight is 410 g/mol. The van der Waals surface area contributed by atoms with Crippen molar-refractivity contribution in [2.24, 2.45) is 5.92 Å². The summed E-state index contributed by atoms with van der Waals surface area (Å²) in [6.07, 6.45) is 3.36. The molecule has 4 heterocycles. The van der Waals surface area contributed by atoms with E-state index in [1.54, 1.807) is 18.2 Å². The molecule has 0 spiro atoms. The standard InChI is InChI=1S/C24H28FN3O2/c25-18-4-6-19(7-5-18)28-14-17-2-1-3-20(24(29)30)23(17)22(28)8-11-26-21-15-27-12-9-16(21)10-13-27/h1-7,16,21-22,26H,8-15H2,(H,29,30)/t21?,22-/m0/s1. The third-order valence-corrected chi connectivity index (χ3v) is 7.12. The highest BCUT2D eigenvalue weighted by Crippen LogP contribution is 2.41. The molecule has 0 aliphatic carbocycles. The van der Waals surface area contributed by atoms with Gasteiger partial charge in [-0.3, -0.25) is 0 Å². The molecule has 2 atom stereocenters. The Balaban J connectivity index is 1.37. The third kappa shape index (κ3) is 3.59. The van der Waals surface area contributed by atoms with Gasteiger partial charge in [0.25, 0.3) is 0 Å². The number of halogens is 1. The van der Waals surface area contributed by atoms with Gasteiger partial charge in [0.15, 0.2) is 0 Å². The number of carboxylic acids is 1. The van der Waals surface area contributed by atoms with Gasteiger partial charge in [-0.15, -0.1) is 0 Å². The van der Waals surface area contributed by atoms with Gasteiger partial charge < -0.3 is 20.2 Å². The number of nitrogens with one attached hydrogen (secondary N) is 1. The number of carboxylic acid groups (broad SMARTS) is 1. The Bertz CT molecular complexity index is 925. The van der Waals surface area contributed by atoms with Crippen LogP contribution in [-0.2, 0) is 6.54 Å². The number of anilines is 1. The van der Waals surface area contributed by atoms with E-state index in [9.17, 15) is 14.3 Å². The van der Waals surface area contributed by atoms with Crippen molar-refractivity contribution in [3.05, 3.63) is 65.0 Å². The summed E-state index contributed by atoms with van der Waals surface area (Å²) in [5.41, 5.74) is 3.26. The third-order valence-electron chi connectivity index (χ3n) is 7.12. The van der Waals surface area contributed by atoms with Gasteiger partial charge in [0.2, 0.25) is 0 Å².